The predicted octanol–water partition coefficient (Wildman–Crippen LogP) is 6.92. The Bertz CT molecular complexity index is 1280. The zero-order valence-corrected chi connectivity index (χ0v) is 20.5. The molecule has 180 valence electrons. The molecule has 0 saturated carbocycles. The number of benzene rings is 3. The number of rotatable bonds is 4. The minimum absolute atomic E-state index is 0.0595. The van der Waals surface area contributed by atoms with E-state index >= 15 is 0 Å². The summed E-state index contributed by atoms with van der Waals surface area (Å²) in [7, 11) is -4.04. The molecule has 0 aromatic heterocycles. The third-order valence-corrected chi connectivity index (χ3v) is 8.31. The molecule has 3 aromatic carbocycles. The first-order valence-corrected chi connectivity index (χ1v) is 12.7. The number of alkyl halides is 3. The number of nitrogens with zero attached hydrogens (tertiary/aromatic N) is 2. The normalized spacial score (nSPS) is 17.7. The van der Waals surface area contributed by atoms with Crippen molar-refractivity contribution in [1.82, 2.24) is 4.31 Å². The number of hydrogen-bond acceptors (Lipinski definition) is 3. The van der Waals surface area contributed by atoms with E-state index in [-0.39, 0.29) is 18.0 Å². The second-order valence-electron chi connectivity index (χ2n) is 7.74. The first kappa shape index (κ1) is 25.1. The van der Waals surface area contributed by atoms with Crippen molar-refractivity contribution < 1.29 is 21.6 Å². The molecule has 11 heteroatoms. The molecule has 1 aliphatic heterocycles. The minimum Gasteiger partial charge on any atom is -0.361 e. The molecule has 0 amide bonds. The first-order chi connectivity index (χ1) is 16.0. The Kier molecular flexibility index (Phi) is 7.09. The number of hydrogen-bond donors (Lipinski definition) is 0. The van der Waals surface area contributed by atoms with Gasteiger partial charge in [-0.1, -0.05) is 46.9 Å². The van der Waals surface area contributed by atoms with Gasteiger partial charge in [0.05, 0.1) is 27.2 Å². The largest absolute Gasteiger partial charge is 0.416 e. The van der Waals surface area contributed by atoms with Crippen molar-refractivity contribution in [1.29, 1.82) is 0 Å². The molecular weight excluding hydrogens is 532 g/mol. The standard InChI is InChI=1S/C23H18Cl3F3N2O2S/c24-17-5-1-15(2-6-17)22-14-30(11-12-31(22)21-10-7-18(25)13-20(21)26)34(32,33)19-8-3-16(4-9-19)23(27,28)29/h1-10,13,22H,11-12,14H2. The van der Waals surface area contributed by atoms with Crippen LogP contribution in [0.1, 0.15) is 17.2 Å². The van der Waals surface area contributed by atoms with Gasteiger partial charge in [0.2, 0.25) is 10.0 Å². The fourth-order valence-electron chi connectivity index (χ4n) is 3.91. The van der Waals surface area contributed by atoms with E-state index < -0.39 is 27.8 Å². The highest BCUT2D eigenvalue weighted by Gasteiger charge is 2.37. The summed E-state index contributed by atoms with van der Waals surface area (Å²) in [6.07, 6.45) is -4.55. The van der Waals surface area contributed by atoms with Crippen LogP contribution in [-0.4, -0.2) is 32.4 Å². The van der Waals surface area contributed by atoms with Crippen LogP contribution in [0, 0.1) is 0 Å². The van der Waals surface area contributed by atoms with E-state index in [4.69, 9.17) is 34.8 Å². The third kappa shape index (κ3) is 5.16. The van der Waals surface area contributed by atoms with Crippen molar-refractivity contribution in [3.63, 3.8) is 0 Å². The summed E-state index contributed by atoms with van der Waals surface area (Å²) < 4.78 is 66.6. The van der Waals surface area contributed by atoms with Crippen molar-refractivity contribution in [3.05, 3.63) is 92.9 Å². The topological polar surface area (TPSA) is 40.6 Å². The van der Waals surface area contributed by atoms with Crippen molar-refractivity contribution in [2.75, 3.05) is 24.5 Å². The Hall–Kier alpha value is -1.97. The molecule has 0 spiro atoms. The van der Waals surface area contributed by atoms with E-state index in [1.165, 1.54) is 4.31 Å². The molecule has 1 aliphatic rings. The van der Waals surface area contributed by atoms with Crippen LogP contribution >= 0.6 is 34.8 Å². The fourth-order valence-corrected chi connectivity index (χ4v) is 5.99. The van der Waals surface area contributed by atoms with Crippen LogP contribution in [0.2, 0.25) is 15.1 Å². The molecule has 0 N–H and O–H groups in total. The van der Waals surface area contributed by atoms with Gasteiger partial charge in [0.1, 0.15) is 0 Å². The van der Waals surface area contributed by atoms with Crippen LogP contribution in [0.25, 0.3) is 0 Å². The third-order valence-electron chi connectivity index (χ3n) is 5.64. The first-order valence-electron chi connectivity index (χ1n) is 10.1. The van der Waals surface area contributed by atoms with Crippen LogP contribution in [0.4, 0.5) is 18.9 Å². The highest BCUT2D eigenvalue weighted by Crippen LogP contribution is 2.38. The second-order valence-corrected chi connectivity index (χ2v) is 11.0. The van der Waals surface area contributed by atoms with Crippen molar-refractivity contribution in [3.8, 4) is 0 Å². The molecule has 1 unspecified atom stereocenters. The van der Waals surface area contributed by atoms with Gasteiger partial charge in [-0.2, -0.15) is 17.5 Å². The van der Waals surface area contributed by atoms with Crippen LogP contribution in [0.5, 0.6) is 0 Å². The molecule has 4 rings (SSSR count). The quantitative estimate of drug-likeness (QED) is 0.355. The summed E-state index contributed by atoms with van der Waals surface area (Å²) in [5, 5.41) is 1.43. The van der Waals surface area contributed by atoms with E-state index in [0.29, 0.717) is 27.3 Å². The van der Waals surface area contributed by atoms with Crippen LogP contribution in [0.3, 0.4) is 0 Å². The van der Waals surface area contributed by atoms with Gasteiger partial charge in [0.15, 0.2) is 0 Å². The average Bonchev–Trinajstić information content (AvgIpc) is 2.79. The molecule has 1 heterocycles. The summed E-state index contributed by atoms with van der Waals surface area (Å²) in [5.41, 5.74) is 0.591. The maximum absolute atomic E-state index is 13.3. The zero-order valence-electron chi connectivity index (χ0n) is 17.4. The van der Waals surface area contributed by atoms with Gasteiger partial charge in [0.25, 0.3) is 0 Å². The smallest absolute Gasteiger partial charge is 0.361 e. The number of sulfonamides is 1. The Morgan fingerprint density at radius 3 is 2.03 bits per heavy atom. The summed E-state index contributed by atoms with van der Waals surface area (Å²) in [6, 6.07) is 15.2. The lowest BCUT2D eigenvalue weighted by atomic mass is 10.0. The Morgan fingerprint density at radius 1 is 0.824 bits per heavy atom. The maximum Gasteiger partial charge on any atom is 0.416 e. The van der Waals surface area contributed by atoms with Crippen LogP contribution < -0.4 is 4.90 Å². The van der Waals surface area contributed by atoms with Crippen molar-refractivity contribution >= 4 is 50.5 Å². The molecule has 1 atom stereocenters. The molecule has 1 saturated heterocycles. The fraction of sp³-hybridized carbons (Fsp3) is 0.217. The maximum atomic E-state index is 13.3. The number of piperazine rings is 1. The summed E-state index contributed by atoms with van der Waals surface area (Å²) in [5.74, 6) is 0. The molecule has 34 heavy (non-hydrogen) atoms. The molecule has 1 fully saturated rings. The summed E-state index contributed by atoms with van der Waals surface area (Å²) >= 11 is 18.5. The molecule has 0 radical (unpaired) electrons. The van der Waals surface area contributed by atoms with Gasteiger partial charge in [-0.3, -0.25) is 0 Å². The highest BCUT2D eigenvalue weighted by atomic mass is 35.5. The van der Waals surface area contributed by atoms with Gasteiger partial charge in [0, 0.05) is 29.7 Å². The lowest BCUT2D eigenvalue weighted by molar-refractivity contribution is -0.137. The SMILES string of the molecule is O=S(=O)(c1ccc(C(F)(F)F)cc1)N1CCN(c2ccc(Cl)cc2Cl)C(c2ccc(Cl)cc2)C1. The molecule has 4 nitrogen and oxygen atoms in total. The van der Waals surface area contributed by atoms with Gasteiger partial charge in [-0.15, -0.1) is 0 Å². The molecule has 0 bridgehead atoms. The van der Waals surface area contributed by atoms with E-state index in [0.717, 1.165) is 29.8 Å². The van der Waals surface area contributed by atoms with E-state index in [2.05, 4.69) is 0 Å². The lowest BCUT2D eigenvalue weighted by Gasteiger charge is -2.42. The van der Waals surface area contributed by atoms with Crippen LogP contribution in [0.15, 0.2) is 71.6 Å². The summed E-state index contributed by atoms with van der Waals surface area (Å²) in [4.78, 5) is 1.79. The predicted molar refractivity (Wildman–Crippen MR) is 128 cm³/mol. The minimum atomic E-state index is -4.55. The lowest BCUT2D eigenvalue weighted by Crippen LogP contribution is -2.50. The van der Waals surface area contributed by atoms with Gasteiger partial charge in [-0.25, -0.2) is 8.42 Å². The van der Waals surface area contributed by atoms with Crippen molar-refractivity contribution in [2.24, 2.45) is 0 Å². The zero-order chi connectivity index (χ0) is 24.7. The Balaban J connectivity index is 1.68. The highest BCUT2D eigenvalue weighted by molar-refractivity contribution is 7.89. The molecular formula is C23H18Cl3F3N2O2S. The monoisotopic (exact) mass is 548 g/mol. The summed E-state index contributed by atoms with van der Waals surface area (Å²) in [6.45, 7) is 0.477. The molecule has 0 aliphatic carbocycles. The Morgan fingerprint density at radius 2 is 1.44 bits per heavy atom. The number of anilines is 1. The average molecular weight is 550 g/mol. The van der Waals surface area contributed by atoms with Crippen molar-refractivity contribution in [2.45, 2.75) is 17.1 Å². The van der Waals surface area contributed by atoms with Gasteiger partial charge < -0.3 is 4.90 Å². The van der Waals surface area contributed by atoms with Crippen LogP contribution in [-0.2, 0) is 16.2 Å². The Labute approximate surface area is 210 Å². The van der Waals surface area contributed by atoms with E-state index in [9.17, 15) is 21.6 Å². The van der Waals surface area contributed by atoms with Gasteiger partial charge >= 0.3 is 6.18 Å². The van der Waals surface area contributed by atoms with E-state index in [1.807, 2.05) is 4.90 Å². The second kappa shape index (κ2) is 9.59. The van der Waals surface area contributed by atoms with Gasteiger partial charge in [-0.05, 0) is 60.2 Å². The molecule has 3 aromatic rings. The van der Waals surface area contributed by atoms with E-state index in [1.54, 1.807) is 42.5 Å². The number of halogens is 6.